The van der Waals surface area contributed by atoms with E-state index in [2.05, 4.69) is 0 Å². The SMILES string of the molecule is CC(C)N1CC(C(=O)N2CCCN(C(=O)c3ccco3)CC2)CC1=O. The number of amides is 3. The Kier molecular flexibility index (Phi) is 5.11. The highest BCUT2D eigenvalue weighted by molar-refractivity contribution is 5.92. The van der Waals surface area contributed by atoms with Gasteiger partial charge in [-0.15, -0.1) is 0 Å². The quantitative estimate of drug-likeness (QED) is 0.824. The summed E-state index contributed by atoms with van der Waals surface area (Å²) in [6, 6.07) is 3.47. The Morgan fingerprint density at radius 3 is 2.52 bits per heavy atom. The molecule has 0 radical (unpaired) electrons. The number of carbonyl (C=O) groups excluding carboxylic acids is 3. The van der Waals surface area contributed by atoms with Gasteiger partial charge in [0.25, 0.3) is 5.91 Å². The number of rotatable bonds is 3. The molecule has 136 valence electrons. The normalized spacial score (nSPS) is 21.8. The van der Waals surface area contributed by atoms with Crippen molar-refractivity contribution in [3.63, 3.8) is 0 Å². The summed E-state index contributed by atoms with van der Waals surface area (Å²) in [7, 11) is 0. The van der Waals surface area contributed by atoms with Gasteiger partial charge in [-0.3, -0.25) is 14.4 Å². The van der Waals surface area contributed by atoms with Crippen LogP contribution < -0.4 is 0 Å². The smallest absolute Gasteiger partial charge is 0.289 e. The highest BCUT2D eigenvalue weighted by Gasteiger charge is 2.38. The van der Waals surface area contributed by atoms with Crippen molar-refractivity contribution >= 4 is 17.7 Å². The summed E-state index contributed by atoms with van der Waals surface area (Å²) in [4.78, 5) is 42.5. The lowest BCUT2D eigenvalue weighted by Gasteiger charge is -2.25. The average Bonchev–Trinajstić information content (AvgIpc) is 3.18. The molecule has 2 saturated heterocycles. The minimum Gasteiger partial charge on any atom is -0.459 e. The number of hydrogen-bond donors (Lipinski definition) is 0. The number of likely N-dealkylation sites (tertiary alicyclic amines) is 1. The van der Waals surface area contributed by atoms with Crippen molar-refractivity contribution in [2.45, 2.75) is 32.7 Å². The van der Waals surface area contributed by atoms with E-state index >= 15 is 0 Å². The molecular formula is C18H25N3O4. The van der Waals surface area contributed by atoms with Crippen molar-refractivity contribution in [3.8, 4) is 0 Å². The summed E-state index contributed by atoms with van der Waals surface area (Å²) < 4.78 is 5.18. The summed E-state index contributed by atoms with van der Waals surface area (Å²) in [6.07, 6.45) is 2.51. The lowest BCUT2D eigenvalue weighted by atomic mass is 10.1. The molecule has 3 amide bonds. The fraction of sp³-hybridized carbons (Fsp3) is 0.611. The summed E-state index contributed by atoms with van der Waals surface area (Å²) >= 11 is 0. The molecule has 3 heterocycles. The predicted octanol–water partition coefficient (Wildman–Crippen LogP) is 1.21. The Morgan fingerprint density at radius 1 is 1.16 bits per heavy atom. The van der Waals surface area contributed by atoms with Gasteiger partial charge in [0.05, 0.1) is 12.2 Å². The number of furan rings is 1. The average molecular weight is 347 g/mol. The van der Waals surface area contributed by atoms with E-state index in [1.807, 2.05) is 13.8 Å². The molecule has 25 heavy (non-hydrogen) atoms. The molecule has 0 bridgehead atoms. The van der Waals surface area contributed by atoms with Crippen molar-refractivity contribution in [3.05, 3.63) is 24.2 Å². The molecule has 2 aliphatic heterocycles. The molecule has 0 aromatic carbocycles. The highest BCUT2D eigenvalue weighted by Crippen LogP contribution is 2.23. The van der Waals surface area contributed by atoms with Crippen LogP contribution in [0.15, 0.2) is 22.8 Å². The van der Waals surface area contributed by atoms with Gasteiger partial charge in [0.2, 0.25) is 11.8 Å². The first-order valence-electron chi connectivity index (χ1n) is 8.88. The minimum absolute atomic E-state index is 0.0313. The fourth-order valence-electron chi connectivity index (χ4n) is 3.55. The summed E-state index contributed by atoms with van der Waals surface area (Å²) in [5.74, 6) is 0.0129. The van der Waals surface area contributed by atoms with Crippen LogP contribution in [-0.2, 0) is 9.59 Å². The van der Waals surface area contributed by atoms with Crippen LogP contribution in [0.3, 0.4) is 0 Å². The van der Waals surface area contributed by atoms with Crippen LogP contribution in [0.5, 0.6) is 0 Å². The molecule has 1 aromatic rings. The van der Waals surface area contributed by atoms with Gasteiger partial charge in [-0.1, -0.05) is 0 Å². The lowest BCUT2D eigenvalue weighted by Crippen LogP contribution is -2.41. The first-order valence-corrected chi connectivity index (χ1v) is 8.88. The molecule has 0 aliphatic carbocycles. The third-order valence-corrected chi connectivity index (χ3v) is 4.96. The molecule has 7 nitrogen and oxygen atoms in total. The third kappa shape index (κ3) is 3.70. The molecule has 2 fully saturated rings. The van der Waals surface area contributed by atoms with Gasteiger partial charge in [0.15, 0.2) is 5.76 Å². The van der Waals surface area contributed by atoms with E-state index in [1.54, 1.807) is 26.8 Å². The van der Waals surface area contributed by atoms with Gasteiger partial charge >= 0.3 is 0 Å². The highest BCUT2D eigenvalue weighted by atomic mass is 16.3. The zero-order valence-corrected chi connectivity index (χ0v) is 14.8. The van der Waals surface area contributed by atoms with Gasteiger partial charge in [0, 0.05) is 45.2 Å². The minimum atomic E-state index is -0.262. The lowest BCUT2D eigenvalue weighted by molar-refractivity contribution is -0.135. The van der Waals surface area contributed by atoms with E-state index in [0.717, 1.165) is 6.42 Å². The standard InChI is InChI=1S/C18H25N3O4/c1-13(2)21-12-14(11-16(21)22)17(23)19-6-4-7-20(9-8-19)18(24)15-5-3-10-25-15/h3,5,10,13-14H,4,6-9,11-12H2,1-2H3. The number of hydrogen-bond acceptors (Lipinski definition) is 4. The summed E-state index contributed by atoms with van der Waals surface area (Å²) in [6.45, 7) is 6.64. The second kappa shape index (κ2) is 7.29. The summed E-state index contributed by atoms with van der Waals surface area (Å²) in [5, 5.41) is 0. The second-order valence-corrected chi connectivity index (χ2v) is 6.99. The molecule has 0 spiro atoms. The van der Waals surface area contributed by atoms with Crippen molar-refractivity contribution in [1.82, 2.24) is 14.7 Å². The Hall–Kier alpha value is -2.31. The predicted molar refractivity (Wildman–Crippen MR) is 90.8 cm³/mol. The van der Waals surface area contributed by atoms with Gasteiger partial charge in [-0.2, -0.15) is 0 Å². The molecule has 1 atom stereocenters. The number of nitrogens with zero attached hydrogens (tertiary/aromatic N) is 3. The van der Waals surface area contributed by atoms with Crippen LogP contribution in [-0.4, -0.2) is 71.2 Å². The zero-order valence-electron chi connectivity index (χ0n) is 14.8. The van der Waals surface area contributed by atoms with E-state index in [1.165, 1.54) is 6.26 Å². The maximum absolute atomic E-state index is 12.8. The van der Waals surface area contributed by atoms with Crippen LogP contribution in [0.25, 0.3) is 0 Å². The van der Waals surface area contributed by atoms with Crippen LogP contribution >= 0.6 is 0 Å². The van der Waals surface area contributed by atoms with Crippen LogP contribution in [0.2, 0.25) is 0 Å². The van der Waals surface area contributed by atoms with E-state index < -0.39 is 0 Å². The van der Waals surface area contributed by atoms with Gasteiger partial charge in [0.1, 0.15) is 0 Å². The van der Waals surface area contributed by atoms with E-state index in [9.17, 15) is 14.4 Å². The van der Waals surface area contributed by atoms with Crippen molar-refractivity contribution in [2.75, 3.05) is 32.7 Å². The maximum Gasteiger partial charge on any atom is 0.289 e. The Morgan fingerprint density at radius 2 is 1.88 bits per heavy atom. The molecule has 0 N–H and O–H groups in total. The van der Waals surface area contributed by atoms with Gasteiger partial charge in [-0.25, -0.2) is 0 Å². The monoisotopic (exact) mass is 347 g/mol. The maximum atomic E-state index is 12.8. The molecule has 2 aliphatic rings. The fourth-order valence-corrected chi connectivity index (χ4v) is 3.55. The first-order chi connectivity index (χ1) is 12.0. The van der Waals surface area contributed by atoms with Crippen LogP contribution in [0.4, 0.5) is 0 Å². The molecule has 3 rings (SSSR count). The number of carbonyl (C=O) groups is 3. The van der Waals surface area contributed by atoms with E-state index in [4.69, 9.17) is 4.42 Å². The van der Waals surface area contributed by atoms with Crippen molar-refractivity contribution in [1.29, 1.82) is 0 Å². The Labute approximate surface area is 147 Å². The molecule has 0 saturated carbocycles. The van der Waals surface area contributed by atoms with E-state index in [-0.39, 0.29) is 29.7 Å². The second-order valence-electron chi connectivity index (χ2n) is 6.99. The largest absolute Gasteiger partial charge is 0.459 e. The summed E-state index contributed by atoms with van der Waals surface area (Å²) in [5.41, 5.74) is 0. The van der Waals surface area contributed by atoms with Gasteiger partial charge in [-0.05, 0) is 32.4 Å². The van der Waals surface area contributed by atoms with Crippen molar-refractivity contribution < 1.29 is 18.8 Å². The van der Waals surface area contributed by atoms with Crippen molar-refractivity contribution in [2.24, 2.45) is 5.92 Å². The third-order valence-electron chi connectivity index (χ3n) is 4.96. The zero-order chi connectivity index (χ0) is 18.0. The van der Waals surface area contributed by atoms with Crippen LogP contribution in [0, 0.1) is 5.92 Å². The molecule has 1 aromatic heterocycles. The first kappa shape index (κ1) is 17.5. The Bertz CT molecular complexity index is 641. The molecular weight excluding hydrogens is 322 g/mol. The molecule has 7 heteroatoms. The topological polar surface area (TPSA) is 74.1 Å². The molecule has 1 unspecified atom stereocenters. The Balaban J connectivity index is 1.59. The van der Waals surface area contributed by atoms with Crippen LogP contribution in [0.1, 0.15) is 37.2 Å². The van der Waals surface area contributed by atoms with Gasteiger partial charge < -0.3 is 19.1 Å². The van der Waals surface area contributed by atoms with E-state index in [0.29, 0.717) is 44.9 Å².